The Morgan fingerprint density at radius 1 is 0.727 bits per heavy atom. The second kappa shape index (κ2) is 25.9. The van der Waals surface area contributed by atoms with Crippen LogP contribution >= 0.6 is 0 Å². The van der Waals surface area contributed by atoms with Crippen LogP contribution < -0.4 is 4.74 Å². The van der Waals surface area contributed by atoms with E-state index < -0.39 is 11.6 Å². The zero-order valence-electron chi connectivity index (χ0n) is 28.6. The van der Waals surface area contributed by atoms with E-state index in [9.17, 15) is 9.59 Å². The Hall–Kier alpha value is -2.40. The summed E-state index contributed by atoms with van der Waals surface area (Å²) >= 11 is 0. The van der Waals surface area contributed by atoms with E-state index in [1.165, 1.54) is 96.3 Å². The zero-order chi connectivity index (χ0) is 32.3. The highest BCUT2D eigenvalue weighted by atomic mass is 16.5. The molecule has 1 N–H and O–H groups in total. The Morgan fingerprint density at radius 2 is 1.27 bits per heavy atom. The minimum absolute atomic E-state index is 0.122. The Balaban J connectivity index is 0.000000440. The quantitative estimate of drug-likeness (QED) is 0.111. The molecule has 0 amide bonds. The molecule has 44 heavy (non-hydrogen) atoms. The highest BCUT2D eigenvalue weighted by Crippen LogP contribution is 2.28. The van der Waals surface area contributed by atoms with Crippen LogP contribution in [-0.4, -0.2) is 35.2 Å². The number of carboxylic acid groups (broad SMARTS) is 1. The van der Waals surface area contributed by atoms with Crippen LogP contribution in [0.1, 0.15) is 166 Å². The van der Waals surface area contributed by atoms with Gasteiger partial charge in [-0.3, -0.25) is 4.79 Å². The summed E-state index contributed by atoms with van der Waals surface area (Å²) in [6.07, 6.45) is 33.0. The second-order valence-corrected chi connectivity index (χ2v) is 12.4. The average Bonchev–Trinajstić information content (AvgIpc) is 3.02. The highest BCUT2D eigenvalue weighted by Gasteiger charge is 2.35. The van der Waals surface area contributed by atoms with Crippen molar-refractivity contribution in [3.05, 3.63) is 54.1 Å². The minimum Gasteiger partial charge on any atom is -0.494 e. The average molecular weight is 613 g/mol. The lowest BCUT2D eigenvalue weighted by Gasteiger charge is -2.33. The van der Waals surface area contributed by atoms with Crippen LogP contribution in [0.25, 0.3) is 0 Å². The zero-order valence-corrected chi connectivity index (χ0v) is 28.6. The molecule has 0 aromatic heterocycles. The molecule has 0 spiro atoms. The number of hydrogen-bond acceptors (Lipinski definition) is 4. The SMILES string of the molecule is CCCCCCCCC(CCC)OC1(C(C)=O)C=CC=CC1.CCCCCCCCCCCCOc1ccc(C(=O)O)cc1. The first-order valence-electron chi connectivity index (χ1n) is 17.9. The van der Waals surface area contributed by atoms with E-state index in [2.05, 4.69) is 20.8 Å². The number of carbonyl (C=O) groups excluding carboxylic acids is 1. The largest absolute Gasteiger partial charge is 0.494 e. The Bertz CT molecular complexity index is 919. The van der Waals surface area contributed by atoms with Gasteiger partial charge in [-0.2, -0.15) is 0 Å². The van der Waals surface area contributed by atoms with Crippen LogP contribution in [0.2, 0.25) is 0 Å². The van der Waals surface area contributed by atoms with Crippen LogP contribution in [0.3, 0.4) is 0 Å². The van der Waals surface area contributed by atoms with Gasteiger partial charge in [0.15, 0.2) is 5.78 Å². The summed E-state index contributed by atoms with van der Waals surface area (Å²) < 4.78 is 11.9. The fourth-order valence-electron chi connectivity index (χ4n) is 5.54. The molecule has 1 aromatic carbocycles. The lowest BCUT2D eigenvalue weighted by Crippen LogP contribution is -2.42. The van der Waals surface area contributed by atoms with E-state index >= 15 is 0 Å². The summed E-state index contributed by atoms with van der Waals surface area (Å²) in [7, 11) is 0. The number of carbonyl (C=O) groups is 2. The molecule has 2 atom stereocenters. The van der Waals surface area contributed by atoms with Gasteiger partial charge in [-0.05, 0) is 56.5 Å². The lowest BCUT2D eigenvalue weighted by molar-refractivity contribution is -0.143. The number of carboxylic acids is 1. The molecule has 250 valence electrons. The van der Waals surface area contributed by atoms with E-state index in [1.807, 2.05) is 24.3 Å². The van der Waals surface area contributed by atoms with Crippen molar-refractivity contribution >= 4 is 11.8 Å². The summed E-state index contributed by atoms with van der Waals surface area (Å²) in [5, 5.41) is 8.81. The molecule has 0 saturated heterocycles. The smallest absolute Gasteiger partial charge is 0.335 e. The van der Waals surface area contributed by atoms with Crippen molar-refractivity contribution in [3.63, 3.8) is 0 Å². The van der Waals surface area contributed by atoms with Gasteiger partial charge in [0.05, 0.1) is 18.3 Å². The molecule has 0 heterocycles. The molecule has 0 aliphatic heterocycles. The van der Waals surface area contributed by atoms with Gasteiger partial charge in [-0.1, -0.05) is 142 Å². The molecule has 5 heteroatoms. The van der Waals surface area contributed by atoms with Crippen LogP contribution in [0, 0.1) is 0 Å². The highest BCUT2D eigenvalue weighted by molar-refractivity contribution is 5.88. The number of ketones is 1. The van der Waals surface area contributed by atoms with Crippen molar-refractivity contribution in [3.8, 4) is 5.75 Å². The maximum Gasteiger partial charge on any atom is 0.335 e. The summed E-state index contributed by atoms with van der Waals surface area (Å²) in [5.74, 6) is -0.0284. The summed E-state index contributed by atoms with van der Waals surface area (Å²) in [6.45, 7) is 9.05. The van der Waals surface area contributed by atoms with Crippen LogP contribution in [-0.2, 0) is 9.53 Å². The van der Waals surface area contributed by atoms with Gasteiger partial charge in [0.25, 0.3) is 0 Å². The monoisotopic (exact) mass is 612 g/mol. The number of benzene rings is 1. The van der Waals surface area contributed by atoms with Crippen molar-refractivity contribution in [1.29, 1.82) is 0 Å². The van der Waals surface area contributed by atoms with Crippen molar-refractivity contribution in [2.45, 2.75) is 168 Å². The number of ether oxygens (including phenoxy) is 2. The fraction of sp³-hybridized carbons (Fsp3) is 0.692. The first-order chi connectivity index (χ1) is 21.4. The van der Waals surface area contributed by atoms with Crippen molar-refractivity contribution < 1.29 is 24.2 Å². The van der Waals surface area contributed by atoms with Crippen molar-refractivity contribution in [2.75, 3.05) is 6.61 Å². The molecule has 5 nitrogen and oxygen atoms in total. The molecule has 0 bridgehead atoms. The third-order valence-electron chi connectivity index (χ3n) is 8.36. The third-order valence-corrected chi connectivity index (χ3v) is 8.36. The topological polar surface area (TPSA) is 72.8 Å². The van der Waals surface area contributed by atoms with Crippen LogP contribution in [0.15, 0.2) is 48.6 Å². The second-order valence-electron chi connectivity index (χ2n) is 12.4. The van der Waals surface area contributed by atoms with Crippen molar-refractivity contribution in [2.24, 2.45) is 0 Å². The molecule has 1 aromatic rings. The Labute approximate surface area is 269 Å². The van der Waals surface area contributed by atoms with Crippen molar-refractivity contribution in [1.82, 2.24) is 0 Å². The molecule has 0 saturated carbocycles. The van der Waals surface area contributed by atoms with Gasteiger partial charge in [0.1, 0.15) is 11.4 Å². The predicted octanol–water partition coefficient (Wildman–Crippen LogP) is 11.5. The standard InChI is InChI=1S/C20H34O2.C19H30O3/c1-4-6-7-8-9-11-15-19(14-5-2)22-20(18(3)21)16-12-10-13-17-20;1-2-3-4-5-6-7-8-9-10-11-16-22-18-14-12-17(13-15-18)19(20)21/h10,12-13,16,19H,4-9,11,14-15,17H2,1-3H3;12-15H,2-11,16H2,1H3,(H,20,21). The number of rotatable bonds is 25. The Morgan fingerprint density at radius 3 is 1.75 bits per heavy atom. The van der Waals surface area contributed by atoms with Gasteiger partial charge < -0.3 is 14.6 Å². The molecular formula is C39H64O5. The van der Waals surface area contributed by atoms with Crippen LogP contribution in [0.5, 0.6) is 5.75 Å². The molecule has 0 radical (unpaired) electrons. The molecule has 2 rings (SSSR count). The summed E-state index contributed by atoms with van der Waals surface area (Å²) in [5.41, 5.74) is -0.414. The van der Waals surface area contributed by atoms with E-state index in [0.717, 1.165) is 31.4 Å². The van der Waals surface area contributed by atoms with Gasteiger partial charge in [0.2, 0.25) is 0 Å². The van der Waals surface area contributed by atoms with E-state index in [4.69, 9.17) is 14.6 Å². The molecule has 1 aliphatic rings. The van der Waals surface area contributed by atoms with E-state index in [0.29, 0.717) is 18.6 Å². The number of hydrogen-bond donors (Lipinski definition) is 1. The molecule has 2 unspecified atom stereocenters. The van der Waals surface area contributed by atoms with Gasteiger partial charge >= 0.3 is 5.97 Å². The number of unbranched alkanes of at least 4 members (excludes halogenated alkanes) is 14. The summed E-state index contributed by atoms with van der Waals surface area (Å²) in [6, 6.07) is 6.60. The Kier molecular flexibility index (Phi) is 23.3. The normalized spacial score (nSPS) is 16.3. The first-order valence-corrected chi connectivity index (χ1v) is 17.9. The van der Waals surface area contributed by atoms with E-state index in [-0.39, 0.29) is 11.9 Å². The first kappa shape index (κ1) is 39.6. The van der Waals surface area contributed by atoms with Gasteiger partial charge in [0, 0.05) is 6.42 Å². The number of Topliss-reactive ketones (excluding diaryl/α,β-unsaturated/α-hetero) is 1. The minimum atomic E-state index is -0.902. The molecule has 0 fully saturated rings. The van der Waals surface area contributed by atoms with E-state index in [1.54, 1.807) is 31.2 Å². The fourth-order valence-corrected chi connectivity index (χ4v) is 5.54. The van der Waals surface area contributed by atoms with Crippen LogP contribution in [0.4, 0.5) is 0 Å². The molecular weight excluding hydrogens is 548 g/mol. The maximum absolute atomic E-state index is 12.1. The number of aromatic carboxylic acids is 1. The van der Waals surface area contributed by atoms with Gasteiger partial charge in [-0.25, -0.2) is 4.79 Å². The predicted molar refractivity (Wildman–Crippen MR) is 185 cm³/mol. The lowest BCUT2D eigenvalue weighted by atomic mass is 9.90. The summed E-state index contributed by atoms with van der Waals surface area (Å²) in [4.78, 5) is 22.8. The molecule has 1 aliphatic carbocycles. The maximum atomic E-state index is 12.1. The number of allylic oxidation sites excluding steroid dienone is 2. The third kappa shape index (κ3) is 18.4. The van der Waals surface area contributed by atoms with Gasteiger partial charge in [-0.15, -0.1) is 0 Å².